The molecule has 0 saturated carbocycles. The van der Waals surface area contributed by atoms with Gasteiger partial charge in [0.2, 0.25) is 5.91 Å². The average Bonchev–Trinajstić information content (AvgIpc) is 3.46. The van der Waals surface area contributed by atoms with Crippen molar-refractivity contribution in [2.75, 3.05) is 13.7 Å². The molecule has 1 atom stereocenters. The van der Waals surface area contributed by atoms with Crippen LogP contribution in [-0.4, -0.2) is 36.6 Å². The highest BCUT2D eigenvalue weighted by Crippen LogP contribution is 2.38. The number of aromatic nitrogens is 1. The number of hydrogen-bond donors (Lipinski definition) is 1. The number of benzene rings is 1. The molecule has 0 spiro atoms. The Kier molecular flexibility index (Phi) is 6.62. The molecule has 7 heteroatoms. The SMILES string of the molecule is COC(=O)c1ccc(-c2cccc3c2OC(CNC(=O)CCCc2cccs2)C3)nc1. The average molecular weight is 437 g/mol. The highest BCUT2D eigenvalue weighted by atomic mass is 32.1. The number of para-hydroxylation sites is 1. The fourth-order valence-corrected chi connectivity index (χ4v) is 4.39. The fourth-order valence-electron chi connectivity index (χ4n) is 3.64. The van der Waals surface area contributed by atoms with E-state index in [1.807, 2.05) is 24.3 Å². The first-order valence-corrected chi connectivity index (χ1v) is 11.1. The molecular weight excluding hydrogens is 412 g/mol. The summed E-state index contributed by atoms with van der Waals surface area (Å²) in [5.74, 6) is 0.425. The lowest BCUT2D eigenvalue weighted by molar-refractivity contribution is -0.121. The van der Waals surface area contributed by atoms with Gasteiger partial charge in [0.15, 0.2) is 0 Å². The standard InChI is InChI=1S/C24H24N2O4S/c1-29-24(28)17-10-11-21(25-14-17)20-8-2-5-16-13-18(30-23(16)20)15-26-22(27)9-3-6-19-7-4-12-31-19/h2,4-5,7-8,10-12,14,18H,3,6,9,13,15H2,1H3,(H,26,27). The van der Waals surface area contributed by atoms with Crippen LogP contribution in [0.15, 0.2) is 54.0 Å². The Hall–Kier alpha value is -3.19. The third-order valence-electron chi connectivity index (χ3n) is 5.22. The topological polar surface area (TPSA) is 77.5 Å². The largest absolute Gasteiger partial charge is 0.487 e. The van der Waals surface area contributed by atoms with E-state index >= 15 is 0 Å². The number of esters is 1. The molecule has 0 aliphatic carbocycles. The molecule has 1 unspecified atom stereocenters. The number of methoxy groups -OCH3 is 1. The summed E-state index contributed by atoms with van der Waals surface area (Å²) in [6, 6.07) is 13.6. The van der Waals surface area contributed by atoms with Crippen LogP contribution in [-0.2, 0) is 22.4 Å². The molecule has 6 nitrogen and oxygen atoms in total. The van der Waals surface area contributed by atoms with E-state index in [1.165, 1.54) is 18.2 Å². The maximum absolute atomic E-state index is 12.2. The van der Waals surface area contributed by atoms with Crippen LogP contribution in [0, 0.1) is 0 Å². The van der Waals surface area contributed by atoms with Gasteiger partial charge in [-0.15, -0.1) is 11.3 Å². The smallest absolute Gasteiger partial charge is 0.339 e. The van der Waals surface area contributed by atoms with Gasteiger partial charge in [0.25, 0.3) is 0 Å². The number of ether oxygens (including phenoxy) is 2. The van der Waals surface area contributed by atoms with E-state index in [9.17, 15) is 9.59 Å². The molecule has 0 fully saturated rings. The molecule has 1 N–H and O–H groups in total. The number of fused-ring (bicyclic) bond motifs is 1. The summed E-state index contributed by atoms with van der Waals surface area (Å²) in [6.45, 7) is 0.473. The molecule has 0 radical (unpaired) electrons. The zero-order valence-electron chi connectivity index (χ0n) is 17.3. The predicted octanol–water partition coefficient (Wildman–Crippen LogP) is 4.04. The molecule has 3 aromatic rings. The van der Waals surface area contributed by atoms with Crippen LogP contribution in [0.2, 0.25) is 0 Å². The maximum atomic E-state index is 12.2. The predicted molar refractivity (Wildman–Crippen MR) is 119 cm³/mol. The van der Waals surface area contributed by atoms with Crippen molar-refractivity contribution in [1.82, 2.24) is 10.3 Å². The lowest BCUT2D eigenvalue weighted by Crippen LogP contribution is -2.34. The Balaban J connectivity index is 1.33. The minimum Gasteiger partial charge on any atom is -0.487 e. The van der Waals surface area contributed by atoms with Crippen LogP contribution in [0.3, 0.4) is 0 Å². The Morgan fingerprint density at radius 2 is 2.13 bits per heavy atom. The minimum atomic E-state index is -0.417. The maximum Gasteiger partial charge on any atom is 0.339 e. The Morgan fingerprint density at radius 1 is 1.23 bits per heavy atom. The first kappa shape index (κ1) is 21.1. The van der Waals surface area contributed by atoms with Gasteiger partial charge in [-0.05, 0) is 48.1 Å². The molecule has 0 bridgehead atoms. The number of rotatable bonds is 8. The molecule has 4 rings (SSSR count). The van der Waals surface area contributed by atoms with E-state index < -0.39 is 5.97 Å². The molecule has 1 aromatic carbocycles. The second kappa shape index (κ2) is 9.75. The third-order valence-corrected chi connectivity index (χ3v) is 6.16. The van der Waals surface area contributed by atoms with Gasteiger partial charge >= 0.3 is 5.97 Å². The van der Waals surface area contributed by atoms with Crippen LogP contribution in [0.5, 0.6) is 5.75 Å². The summed E-state index contributed by atoms with van der Waals surface area (Å²) < 4.78 is 10.9. The zero-order chi connectivity index (χ0) is 21.6. The Morgan fingerprint density at radius 3 is 2.87 bits per heavy atom. The van der Waals surface area contributed by atoms with Crippen LogP contribution in [0.1, 0.15) is 33.6 Å². The molecular formula is C24H24N2O4S. The summed E-state index contributed by atoms with van der Waals surface area (Å²) in [4.78, 5) is 29.5. The van der Waals surface area contributed by atoms with E-state index in [1.54, 1.807) is 23.5 Å². The molecule has 1 aliphatic rings. The van der Waals surface area contributed by atoms with Crippen molar-refractivity contribution in [3.63, 3.8) is 0 Å². The van der Waals surface area contributed by atoms with Gasteiger partial charge < -0.3 is 14.8 Å². The summed E-state index contributed by atoms with van der Waals surface area (Å²) in [7, 11) is 1.34. The summed E-state index contributed by atoms with van der Waals surface area (Å²) >= 11 is 1.72. The van der Waals surface area contributed by atoms with E-state index in [0.717, 1.165) is 41.8 Å². The van der Waals surface area contributed by atoms with E-state index in [2.05, 4.69) is 21.7 Å². The second-order valence-corrected chi connectivity index (χ2v) is 8.43. The number of carbonyl (C=O) groups is 2. The first-order chi connectivity index (χ1) is 15.1. The van der Waals surface area contributed by atoms with Crippen LogP contribution >= 0.6 is 11.3 Å². The summed E-state index contributed by atoms with van der Waals surface area (Å²) in [5, 5.41) is 5.05. The number of hydrogen-bond acceptors (Lipinski definition) is 6. The number of thiophene rings is 1. The van der Waals surface area contributed by atoms with Crippen molar-refractivity contribution >= 4 is 23.2 Å². The molecule has 31 heavy (non-hydrogen) atoms. The molecule has 2 aromatic heterocycles. The van der Waals surface area contributed by atoms with Gasteiger partial charge in [-0.2, -0.15) is 0 Å². The van der Waals surface area contributed by atoms with Crippen LogP contribution < -0.4 is 10.1 Å². The lowest BCUT2D eigenvalue weighted by Gasteiger charge is -2.13. The van der Waals surface area contributed by atoms with E-state index in [-0.39, 0.29) is 12.0 Å². The van der Waals surface area contributed by atoms with Gasteiger partial charge in [0, 0.05) is 29.5 Å². The molecule has 0 saturated heterocycles. The van der Waals surface area contributed by atoms with Gasteiger partial charge in [-0.25, -0.2) is 4.79 Å². The number of carbonyl (C=O) groups excluding carboxylic acids is 2. The van der Waals surface area contributed by atoms with Gasteiger partial charge in [-0.3, -0.25) is 9.78 Å². The molecule has 1 aliphatic heterocycles. The number of nitrogens with one attached hydrogen (secondary N) is 1. The number of nitrogens with zero attached hydrogens (tertiary/aromatic N) is 1. The lowest BCUT2D eigenvalue weighted by atomic mass is 10.0. The van der Waals surface area contributed by atoms with Gasteiger partial charge in [0.1, 0.15) is 11.9 Å². The number of amides is 1. The highest BCUT2D eigenvalue weighted by molar-refractivity contribution is 7.09. The Bertz CT molecular complexity index is 1050. The highest BCUT2D eigenvalue weighted by Gasteiger charge is 2.26. The molecule has 160 valence electrons. The number of pyridine rings is 1. The summed E-state index contributed by atoms with van der Waals surface area (Å²) in [6.07, 6.45) is 4.42. The third kappa shape index (κ3) is 5.11. The van der Waals surface area contributed by atoms with Crippen molar-refractivity contribution in [3.8, 4) is 17.0 Å². The van der Waals surface area contributed by atoms with E-state index in [4.69, 9.17) is 9.47 Å². The zero-order valence-corrected chi connectivity index (χ0v) is 18.1. The summed E-state index contributed by atoms with van der Waals surface area (Å²) in [5.41, 5.74) is 3.09. The van der Waals surface area contributed by atoms with Crippen molar-refractivity contribution in [2.45, 2.75) is 31.8 Å². The molecule has 1 amide bonds. The first-order valence-electron chi connectivity index (χ1n) is 10.3. The number of aryl methyl sites for hydroxylation is 1. The van der Waals surface area contributed by atoms with Crippen molar-refractivity contribution in [1.29, 1.82) is 0 Å². The monoisotopic (exact) mass is 436 g/mol. The van der Waals surface area contributed by atoms with E-state index in [0.29, 0.717) is 18.5 Å². The van der Waals surface area contributed by atoms with Crippen LogP contribution in [0.25, 0.3) is 11.3 Å². The van der Waals surface area contributed by atoms with Gasteiger partial charge in [-0.1, -0.05) is 18.2 Å². The van der Waals surface area contributed by atoms with Crippen LogP contribution in [0.4, 0.5) is 0 Å². The molecule has 3 heterocycles. The van der Waals surface area contributed by atoms with Gasteiger partial charge in [0.05, 0.1) is 24.9 Å². The van der Waals surface area contributed by atoms with Crippen molar-refractivity contribution in [3.05, 3.63) is 70.0 Å². The quantitative estimate of drug-likeness (QED) is 0.539. The minimum absolute atomic E-state index is 0.0522. The van der Waals surface area contributed by atoms with Crippen molar-refractivity contribution in [2.24, 2.45) is 0 Å². The van der Waals surface area contributed by atoms with Crippen molar-refractivity contribution < 1.29 is 19.1 Å². The Labute approximate surface area is 185 Å². The second-order valence-electron chi connectivity index (χ2n) is 7.40. The fraction of sp³-hybridized carbons (Fsp3) is 0.292. The normalized spacial score (nSPS) is 14.5.